The molecule has 0 radical (unpaired) electrons. The number of aryl methyl sites for hydroxylation is 1. The molecular weight excluding hydrogens is 969 g/mol. The van der Waals surface area contributed by atoms with Gasteiger partial charge in [0.05, 0.1) is 47.0 Å². The zero-order valence-electron chi connectivity index (χ0n) is 44.3. The van der Waals surface area contributed by atoms with Crippen molar-refractivity contribution >= 4 is 40.7 Å². The number of hydrogen-bond donors (Lipinski definition) is 7. The van der Waals surface area contributed by atoms with E-state index >= 15 is 0 Å². The third-order valence-electron chi connectivity index (χ3n) is 14.4. The highest BCUT2D eigenvalue weighted by Gasteiger charge is 2.45. The number of hydrogen-bond acceptors (Lipinski definition) is 14. The highest BCUT2D eigenvalue weighted by Crippen LogP contribution is 2.31. The van der Waals surface area contributed by atoms with E-state index in [1.54, 1.807) is 41.7 Å². The van der Waals surface area contributed by atoms with E-state index in [9.17, 15) is 29.4 Å². The maximum atomic E-state index is 14.1. The van der Waals surface area contributed by atoms with Crippen LogP contribution in [0.1, 0.15) is 114 Å². The molecule has 4 atom stereocenters. The number of nitrogens with zero attached hydrogens (tertiary/aromatic N) is 5. The van der Waals surface area contributed by atoms with Crippen molar-refractivity contribution in [1.29, 1.82) is 0 Å². The van der Waals surface area contributed by atoms with Gasteiger partial charge in [-0.1, -0.05) is 95.0 Å². The summed E-state index contributed by atoms with van der Waals surface area (Å²) >= 11 is 1.58. The lowest BCUT2D eigenvalue weighted by molar-refractivity contribution is -0.144. The van der Waals surface area contributed by atoms with Crippen molar-refractivity contribution in [2.75, 3.05) is 45.8 Å². The Morgan fingerprint density at radius 3 is 2.19 bits per heavy atom. The van der Waals surface area contributed by atoms with Gasteiger partial charge in [-0.15, -0.1) is 11.3 Å². The molecule has 4 amide bonds. The van der Waals surface area contributed by atoms with Gasteiger partial charge in [0.1, 0.15) is 35.5 Å². The van der Waals surface area contributed by atoms with E-state index in [1.165, 1.54) is 4.90 Å². The van der Waals surface area contributed by atoms with Crippen LogP contribution in [-0.2, 0) is 25.7 Å². The van der Waals surface area contributed by atoms with Crippen molar-refractivity contribution in [3.8, 4) is 21.9 Å². The first-order chi connectivity index (χ1) is 35.8. The summed E-state index contributed by atoms with van der Waals surface area (Å²) in [6.07, 6.45) is 6.90. The summed E-state index contributed by atoms with van der Waals surface area (Å²) < 4.78 is 6.31. The van der Waals surface area contributed by atoms with Crippen LogP contribution in [0, 0.1) is 12.3 Å². The zero-order valence-corrected chi connectivity index (χ0v) is 45.1. The maximum Gasteiger partial charge on any atom is 0.246 e. The smallest absolute Gasteiger partial charge is 0.246 e. The van der Waals surface area contributed by atoms with Gasteiger partial charge in [-0.3, -0.25) is 24.1 Å². The van der Waals surface area contributed by atoms with Crippen LogP contribution in [0.5, 0.6) is 11.5 Å². The number of phenols is 1. The summed E-state index contributed by atoms with van der Waals surface area (Å²) in [5.74, 6) is 0.260. The molecule has 4 heterocycles. The third-order valence-corrected chi connectivity index (χ3v) is 15.4. The maximum absolute atomic E-state index is 14.1. The largest absolute Gasteiger partial charge is 0.507 e. The van der Waals surface area contributed by atoms with Crippen molar-refractivity contribution in [3.05, 3.63) is 118 Å². The molecule has 10 N–H and O–H groups in total. The predicted molar refractivity (Wildman–Crippen MR) is 293 cm³/mol. The number of allylic oxidation sites excluding steroid dienone is 1. The standard InChI is InChI=1S/C57H78N10O7S/c1-37(40-21-23-41(24-22-40)52-38(2)61-36-75-52)62-55(72)48-30-42(68)33-67(48)56(73)53(57(3,4)5)63-50(70)19-10-8-6-7-9-11-20-51(71)65-27-25-64(26-28-65)32-39-15-14-16-43(29-39)74-44-34-66(35-44)47(54(59)60)31-46(58)45-17-12-13-18-49(45)69/h12-18,21-24,29,31,36-37,42,44,48,53,68-69H,6-11,19-20,25-28,30,32-35,58-60H2,1-5H3,(H,62,72)(H,63,70)/b46-31-/t37-,42+,48-,53+/m0/s1. The number of aliphatic hydroxyl groups excluding tert-OH is 1. The molecular formula is C57H78N10O7S. The molecule has 3 saturated heterocycles. The van der Waals surface area contributed by atoms with Crippen LogP contribution in [0.4, 0.5) is 0 Å². The molecule has 75 heavy (non-hydrogen) atoms. The Morgan fingerprint density at radius 1 is 0.853 bits per heavy atom. The molecule has 1 aromatic heterocycles. The summed E-state index contributed by atoms with van der Waals surface area (Å²) in [5.41, 5.74) is 25.0. The fraction of sp³-hybridized carbons (Fsp3) is 0.491. The molecule has 0 unspecified atom stereocenters. The molecule has 3 aliphatic heterocycles. The number of thiazole rings is 1. The van der Waals surface area contributed by atoms with Crippen LogP contribution < -0.4 is 32.6 Å². The second-order valence-corrected chi connectivity index (χ2v) is 22.3. The van der Waals surface area contributed by atoms with Crippen LogP contribution in [0.3, 0.4) is 0 Å². The van der Waals surface area contributed by atoms with Gasteiger partial charge in [0, 0.05) is 69.8 Å². The molecule has 3 fully saturated rings. The first-order valence-electron chi connectivity index (χ1n) is 26.4. The molecule has 0 spiro atoms. The first-order valence-corrected chi connectivity index (χ1v) is 27.3. The van der Waals surface area contributed by atoms with E-state index in [0.717, 1.165) is 84.7 Å². The number of aromatic nitrogens is 1. The number of amides is 4. The summed E-state index contributed by atoms with van der Waals surface area (Å²) in [6.45, 7) is 14.4. The number of carbonyl (C=O) groups excluding carboxylic acids is 4. The Morgan fingerprint density at radius 2 is 1.53 bits per heavy atom. The number of nitrogens with two attached hydrogens (primary N) is 3. The number of rotatable bonds is 22. The van der Waals surface area contributed by atoms with Gasteiger partial charge >= 0.3 is 0 Å². The molecule has 7 rings (SSSR count). The SMILES string of the molecule is Cc1ncsc1-c1ccc([C@H](C)NC(=O)[C@@H]2C[C@@H](O)CN2C(=O)[C@@H](NC(=O)CCCCCCCCC(=O)N2CCN(Cc3cccc(OC4CN(C(/C=C(\N)c5ccccc5O)=C(N)N)C4)c3)CC2)C(C)(C)C)cc1. The van der Waals surface area contributed by atoms with E-state index in [0.29, 0.717) is 56.0 Å². The number of β-amino-alcohol motifs (C(OH)–C–C–N with tert-alkyl or cyclic N) is 1. The molecule has 18 heteroatoms. The van der Waals surface area contributed by atoms with Gasteiger partial charge in [-0.2, -0.15) is 0 Å². The minimum Gasteiger partial charge on any atom is -0.507 e. The van der Waals surface area contributed by atoms with Crippen molar-refractivity contribution in [1.82, 2.24) is 35.2 Å². The molecule has 3 aliphatic rings. The molecule has 17 nitrogen and oxygen atoms in total. The average Bonchev–Trinajstić information content (AvgIpc) is 3.99. The monoisotopic (exact) mass is 1050 g/mol. The summed E-state index contributed by atoms with van der Waals surface area (Å²) in [6, 6.07) is 20.9. The fourth-order valence-electron chi connectivity index (χ4n) is 10.0. The normalized spacial score (nSPS) is 18.3. The highest BCUT2D eigenvalue weighted by molar-refractivity contribution is 7.13. The number of benzene rings is 3. The third kappa shape index (κ3) is 15.3. The van der Waals surface area contributed by atoms with E-state index in [1.807, 2.05) is 86.3 Å². The van der Waals surface area contributed by atoms with E-state index < -0.39 is 23.6 Å². The van der Waals surface area contributed by atoms with Crippen molar-refractivity contribution in [3.63, 3.8) is 0 Å². The van der Waals surface area contributed by atoms with Crippen LogP contribution in [0.25, 0.3) is 16.1 Å². The van der Waals surface area contributed by atoms with Crippen molar-refractivity contribution in [2.45, 2.75) is 129 Å². The number of aliphatic hydroxyl groups is 1. The fourth-order valence-corrected chi connectivity index (χ4v) is 10.8. The molecule has 404 valence electrons. The quantitative estimate of drug-likeness (QED) is 0.0348. The molecule has 4 aromatic rings. The van der Waals surface area contributed by atoms with Gasteiger partial charge in [0.15, 0.2) is 0 Å². The second kappa shape index (κ2) is 25.7. The Labute approximate surface area is 446 Å². The van der Waals surface area contributed by atoms with E-state index in [4.69, 9.17) is 21.9 Å². The van der Waals surface area contributed by atoms with Crippen molar-refractivity contribution in [2.24, 2.45) is 22.6 Å². The van der Waals surface area contributed by atoms with Crippen LogP contribution in [-0.4, -0.2) is 129 Å². The predicted octanol–water partition coefficient (Wildman–Crippen LogP) is 6.11. The summed E-state index contributed by atoms with van der Waals surface area (Å²) in [5, 5.41) is 26.9. The molecule has 0 bridgehead atoms. The van der Waals surface area contributed by atoms with Crippen molar-refractivity contribution < 1.29 is 34.1 Å². The first kappa shape index (κ1) is 56.1. The van der Waals surface area contributed by atoms with Gasteiger partial charge in [-0.25, -0.2) is 4.98 Å². The number of piperazine rings is 1. The number of aromatic hydroxyl groups is 1. The minimum absolute atomic E-state index is 0.0164. The van der Waals surface area contributed by atoms with Crippen LogP contribution in [0.2, 0.25) is 0 Å². The molecule has 0 aliphatic carbocycles. The highest BCUT2D eigenvalue weighted by atomic mass is 32.1. The number of para-hydroxylation sites is 1. The second-order valence-electron chi connectivity index (χ2n) is 21.4. The Balaban J connectivity index is 0.754. The number of phenolic OH excluding ortho intramolecular Hbond substituents is 1. The van der Waals surface area contributed by atoms with Gasteiger partial charge < -0.3 is 57.5 Å². The van der Waals surface area contributed by atoms with E-state index in [-0.39, 0.29) is 66.7 Å². The number of ether oxygens (including phenoxy) is 1. The van der Waals surface area contributed by atoms with Crippen LogP contribution >= 0.6 is 11.3 Å². The Bertz CT molecular complexity index is 2650. The average molecular weight is 1050 g/mol. The Hall–Kier alpha value is -6.63. The lowest BCUT2D eigenvalue weighted by Crippen LogP contribution is -2.57. The lowest BCUT2D eigenvalue weighted by atomic mass is 9.85. The van der Waals surface area contributed by atoms with Gasteiger partial charge in [0.25, 0.3) is 0 Å². The summed E-state index contributed by atoms with van der Waals surface area (Å²) in [4.78, 5) is 67.4. The molecule has 0 saturated carbocycles. The zero-order chi connectivity index (χ0) is 53.8. The number of unbranched alkanes of at least 4 members (excludes halogenated alkanes) is 5. The number of nitrogens with one attached hydrogen (secondary N) is 2. The lowest BCUT2D eigenvalue weighted by Gasteiger charge is -2.41. The van der Waals surface area contributed by atoms with Gasteiger partial charge in [-0.05, 0) is 79.1 Å². The van der Waals surface area contributed by atoms with Gasteiger partial charge in [0.2, 0.25) is 23.6 Å². The minimum atomic E-state index is -0.875. The molecule has 3 aromatic carbocycles. The Kier molecular flexibility index (Phi) is 19.3. The number of likely N-dealkylation sites (tertiary alicyclic amines) is 2. The topological polar surface area (TPSA) is 246 Å². The number of carbonyl (C=O) groups is 4. The van der Waals surface area contributed by atoms with E-state index in [2.05, 4.69) is 32.7 Å². The summed E-state index contributed by atoms with van der Waals surface area (Å²) in [7, 11) is 0. The van der Waals surface area contributed by atoms with Crippen LogP contribution in [0.15, 0.2) is 95.9 Å².